The molecule has 46 heavy (non-hydrogen) atoms. The number of nitrogens with one attached hydrogen (secondary N) is 1. The molecule has 10 heteroatoms. The minimum Gasteiger partial charge on any atom is -0.463 e. The van der Waals surface area contributed by atoms with Gasteiger partial charge in [-0.3, -0.25) is 14.5 Å². The molecule has 10 nitrogen and oxygen atoms in total. The summed E-state index contributed by atoms with van der Waals surface area (Å²) in [5.74, 6) is 0.394. The molecule has 7 rings (SSSR count). The van der Waals surface area contributed by atoms with E-state index in [4.69, 9.17) is 9.40 Å². The molecule has 6 aromatic rings. The van der Waals surface area contributed by atoms with Gasteiger partial charge in [0.2, 0.25) is 5.91 Å². The lowest BCUT2D eigenvalue weighted by Gasteiger charge is -2.41. The van der Waals surface area contributed by atoms with Crippen LogP contribution in [0.25, 0.3) is 49.6 Å². The summed E-state index contributed by atoms with van der Waals surface area (Å²) in [6.45, 7) is 11.0. The first-order chi connectivity index (χ1) is 22.3. The Bertz CT molecular complexity index is 2270. The Hall–Kier alpha value is -5.69. The SMILES string of the molecule is C=CC(=O)N1CCN(c2nc(=O)n(-c3ccccc3C(C)C)c3cc(-c4c(C)ccc5[nH]ncc45)c4ccoc4c23)C[C@@H]1CC#N. The summed E-state index contributed by atoms with van der Waals surface area (Å²) in [4.78, 5) is 35.4. The first kappa shape index (κ1) is 29.0. The Morgan fingerprint density at radius 2 is 2.02 bits per heavy atom. The molecule has 0 bridgehead atoms. The number of piperazine rings is 1. The third-order valence-electron chi connectivity index (χ3n) is 9.05. The molecule has 1 fully saturated rings. The van der Waals surface area contributed by atoms with Gasteiger partial charge in [0.25, 0.3) is 0 Å². The number of aromatic nitrogens is 4. The number of aromatic amines is 1. The van der Waals surface area contributed by atoms with E-state index in [1.165, 1.54) is 6.08 Å². The molecule has 4 heterocycles. The molecule has 0 unspecified atom stereocenters. The average molecular weight is 612 g/mol. The summed E-state index contributed by atoms with van der Waals surface area (Å²) in [5, 5.41) is 19.5. The summed E-state index contributed by atoms with van der Waals surface area (Å²) < 4.78 is 7.97. The minimum absolute atomic E-state index is 0.140. The van der Waals surface area contributed by atoms with Crippen LogP contribution in [0.1, 0.15) is 37.3 Å². The fourth-order valence-electron chi connectivity index (χ4n) is 6.88. The number of aryl methyl sites for hydroxylation is 1. The number of furan rings is 1. The number of hydrogen-bond acceptors (Lipinski definition) is 7. The number of anilines is 1. The molecule has 0 aliphatic carbocycles. The van der Waals surface area contributed by atoms with Crippen molar-refractivity contribution in [3.63, 3.8) is 0 Å². The van der Waals surface area contributed by atoms with Crippen LogP contribution in [-0.2, 0) is 4.79 Å². The molecule has 3 aromatic carbocycles. The molecular formula is C36H33N7O3. The number of carbonyl (C=O) groups is 1. The van der Waals surface area contributed by atoms with Crippen molar-refractivity contribution in [2.24, 2.45) is 0 Å². The fourth-order valence-corrected chi connectivity index (χ4v) is 6.88. The molecular weight excluding hydrogens is 578 g/mol. The van der Waals surface area contributed by atoms with Crippen molar-refractivity contribution in [3.8, 4) is 22.9 Å². The number of carbonyl (C=O) groups excluding carboxylic acids is 1. The summed E-state index contributed by atoms with van der Waals surface area (Å²) >= 11 is 0. The van der Waals surface area contributed by atoms with Crippen LogP contribution in [-0.4, -0.2) is 56.2 Å². The summed E-state index contributed by atoms with van der Waals surface area (Å²) in [6, 6.07) is 17.8. The highest BCUT2D eigenvalue weighted by Crippen LogP contribution is 2.43. The van der Waals surface area contributed by atoms with Crippen molar-refractivity contribution in [1.29, 1.82) is 5.26 Å². The van der Waals surface area contributed by atoms with Crippen LogP contribution in [0.3, 0.4) is 0 Å². The quantitative estimate of drug-likeness (QED) is 0.222. The van der Waals surface area contributed by atoms with E-state index < -0.39 is 11.7 Å². The molecule has 0 radical (unpaired) electrons. The van der Waals surface area contributed by atoms with Gasteiger partial charge in [0, 0.05) is 30.4 Å². The summed E-state index contributed by atoms with van der Waals surface area (Å²) in [5.41, 5.74) is 6.48. The van der Waals surface area contributed by atoms with E-state index in [1.54, 1.807) is 15.7 Å². The van der Waals surface area contributed by atoms with Crippen LogP contribution in [0.5, 0.6) is 0 Å². The van der Waals surface area contributed by atoms with Gasteiger partial charge in [0.1, 0.15) is 11.4 Å². The van der Waals surface area contributed by atoms with Crippen molar-refractivity contribution < 1.29 is 9.21 Å². The van der Waals surface area contributed by atoms with E-state index in [1.807, 2.05) is 47.5 Å². The highest BCUT2D eigenvalue weighted by atomic mass is 16.3. The second-order valence-corrected chi connectivity index (χ2v) is 12.0. The van der Waals surface area contributed by atoms with Crippen LogP contribution < -0.4 is 10.6 Å². The lowest BCUT2D eigenvalue weighted by atomic mass is 9.93. The molecule has 230 valence electrons. The lowest BCUT2D eigenvalue weighted by molar-refractivity contribution is -0.128. The predicted molar refractivity (Wildman–Crippen MR) is 179 cm³/mol. The lowest BCUT2D eigenvalue weighted by Crippen LogP contribution is -2.55. The normalized spacial score (nSPS) is 15.2. The van der Waals surface area contributed by atoms with E-state index in [0.29, 0.717) is 41.9 Å². The number of H-pyrrole nitrogens is 1. The molecule has 0 saturated carbocycles. The van der Waals surface area contributed by atoms with E-state index in [0.717, 1.165) is 44.2 Å². The number of fused-ring (bicyclic) bond motifs is 4. The van der Waals surface area contributed by atoms with Crippen LogP contribution in [0.15, 0.2) is 82.9 Å². The zero-order valence-corrected chi connectivity index (χ0v) is 25.9. The maximum absolute atomic E-state index is 14.3. The average Bonchev–Trinajstić information content (AvgIpc) is 3.74. The maximum Gasteiger partial charge on any atom is 0.354 e. The number of rotatable bonds is 6. The zero-order valence-electron chi connectivity index (χ0n) is 25.9. The predicted octanol–water partition coefficient (Wildman–Crippen LogP) is 6.22. The molecule has 1 atom stereocenters. The van der Waals surface area contributed by atoms with Gasteiger partial charge in [-0.15, -0.1) is 0 Å². The summed E-state index contributed by atoms with van der Waals surface area (Å²) in [7, 11) is 0. The molecule has 1 amide bonds. The zero-order chi connectivity index (χ0) is 32.1. The molecule has 1 aliphatic rings. The fraction of sp³-hybridized carbons (Fsp3) is 0.250. The monoisotopic (exact) mass is 611 g/mol. The van der Waals surface area contributed by atoms with Gasteiger partial charge in [0.05, 0.1) is 53.1 Å². The minimum atomic E-state index is -0.424. The number of hydrogen-bond donors (Lipinski definition) is 1. The number of para-hydroxylation sites is 1. The Labute approximate surface area is 265 Å². The smallest absolute Gasteiger partial charge is 0.354 e. The number of nitrogens with zero attached hydrogens (tertiary/aromatic N) is 6. The van der Waals surface area contributed by atoms with Gasteiger partial charge in [0.15, 0.2) is 0 Å². The molecule has 1 N–H and O–H groups in total. The van der Waals surface area contributed by atoms with Crippen molar-refractivity contribution in [1.82, 2.24) is 24.6 Å². The molecule has 1 saturated heterocycles. The second-order valence-electron chi connectivity index (χ2n) is 12.0. The Balaban J connectivity index is 1.56. The van der Waals surface area contributed by atoms with E-state index in [-0.39, 0.29) is 18.2 Å². The number of nitriles is 1. The van der Waals surface area contributed by atoms with Crippen LogP contribution in [0, 0.1) is 18.3 Å². The van der Waals surface area contributed by atoms with Gasteiger partial charge in [-0.25, -0.2) is 4.79 Å². The van der Waals surface area contributed by atoms with Gasteiger partial charge >= 0.3 is 5.69 Å². The van der Waals surface area contributed by atoms with E-state index >= 15 is 0 Å². The first-order valence-corrected chi connectivity index (χ1v) is 15.4. The maximum atomic E-state index is 14.3. The van der Waals surface area contributed by atoms with E-state index in [2.05, 4.69) is 55.7 Å². The van der Waals surface area contributed by atoms with Gasteiger partial charge in [-0.05, 0) is 65.4 Å². The van der Waals surface area contributed by atoms with Gasteiger partial charge < -0.3 is 14.2 Å². The molecule has 1 aliphatic heterocycles. The summed E-state index contributed by atoms with van der Waals surface area (Å²) in [6.07, 6.45) is 4.91. The topological polar surface area (TPSA) is 124 Å². The third-order valence-corrected chi connectivity index (χ3v) is 9.05. The van der Waals surface area contributed by atoms with Gasteiger partial charge in [-0.2, -0.15) is 15.3 Å². The van der Waals surface area contributed by atoms with Crippen molar-refractivity contribution in [2.45, 2.75) is 39.2 Å². The Morgan fingerprint density at radius 1 is 1.20 bits per heavy atom. The number of benzene rings is 3. The third kappa shape index (κ3) is 4.55. The van der Waals surface area contributed by atoms with E-state index in [9.17, 15) is 14.9 Å². The standard InChI is InChI=1S/C36H33N7O3/c1-5-31(44)42-16-15-41(20-23(42)12-14-37)35-33-30(43(36(45)39-35)29-9-7-6-8-24(29)21(2)3)18-26(25-13-17-46-34(25)33)32-22(4)10-11-28-27(32)19-38-40-28/h5-11,13,17-19,21,23H,1,12,15-16,20H2,2-4H3,(H,38,40)/t23-/m0/s1. The Morgan fingerprint density at radius 3 is 2.80 bits per heavy atom. The number of amides is 1. The van der Waals surface area contributed by atoms with Crippen LogP contribution >= 0.6 is 0 Å². The first-order valence-electron chi connectivity index (χ1n) is 15.4. The van der Waals surface area contributed by atoms with Gasteiger partial charge in [-0.1, -0.05) is 44.7 Å². The van der Waals surface area contributed by atoms with Crippen LogP contribution in [0.4, 0.5) is 5.82 Å². The highest BCUT2D eigenvalue weighted by molar-refractivity contribution is 6.17. The van der Waals surface area contributed by atoms with Crippen LogP contribution in [0.2, 0.25) is 0 Å². The highest BCUT2D eigenvalue weighted by Gasteiger charge is 2.32. The largest absolute Gasteiger partial charge is 0.463 e. The molecule has 0 spiro atoms. The second kappa shape index (κ2) is 11.3. The molecule has 3 aromatic heterocycles. The Kier molecular flexibility index (Phi) is 7.16. The van der Waals surface area contributed by atoms with Crippen molar-refractivity contribution in [3.05, 3.63) is 95.3 Å². The van der Waals surface area contributed by atoms with Crippen molar-refractivity contribution >= 4 is 44.5 Å². The van der Waals surface area contributed by atoms with Crippen molar-refractivity contribution in [2.75, 3.05) is 24.5 Å².